The van der Waals surface area contributed by atoms with Crippen LogP contribution in [0.4, 0.5) is 0 Å². The van der Waals surface area contributed by atoms with E-state index in [0.29, 0.717) is 12.6 Å². The lowest BCUT2D eigenvalue weighted by Crippen LogP contribution is -2.50. The third kappa shape index (κ3) is 7.45. The van der Waals surface area contributed by atoms with Crippen molar-refractivity contribution in [2.24, 2.45) is 4.99 Å². The predicted molar refractivity (Wildman–Crippen MR) is 116 cm³/mol. The van der Waals surface area contributed by atoms with Crippen LogP contribution in [0.1, 0.15) is 24.0 Å². The first kappa shape index (κ1) is 22.6. The van der Waals surface area contributed by atoms with Gasteiger partial charge in [-0.1, -0.05) is 0 Å². The number of aliphatic imine (C=N–C) groups is 1. The molecule has 1 saturated heterocycles. The Labute approximate surface area is 173 Å². The molecule has 0 aliphatic carbocycles. The van der Waals surface area contributed by atoms with Crippen LogP contribution in [0.5, 0.6) is 0 Å². The molecule has 3 N–H and O–H groups in total. The van der Waals surface area contributed by atoms with E-state index in [1.165, 1.54) is 11.1 Å². The number of nitrogens with zero attached hydrogens (tertiary/aromatic N) is 3. The van der Waals surface area contributed by atoms with Crippen molar-refractivity contribution >= 4 is 35.8 Å². The maximum Gasteiger partial charge on any atom is 0.233 e. The number of amides is 1. The highest BCUT2D eigenvalue weighted by atomic mass is 127. The van der Waals surface area contributed by atoms with Crippen LogP contribution in [0.15, 0.2) is 23.5 Å². The normalized spacial score (nSPS) is 15.9. The number of guanidine groups is 1. The maximum atomic E-state index is 11.4. The number of hydrogen-bond donors (Lipinski definition) is 3. The van der Waals surface area contributed by atoms with Gasteiger partial charge >= 0.3 is 0 Å². The Morgan fingerprint density at radius 3 is 2.73 bits per heavy atom. The van der Waals surface area contributed by atoms with Gasteiger partial charge in [0.15, 0.2) is 5.96 Å². The van der Waals surface area contributed by atoms with Crippen LogP contribution >= 0.6 is 24.0 Å². The van der Waals surface area contributed by atoms with Gasteiger partial charge in [-0.05, 0) is 43.4 Å². The van der Waals surface area contributed by atoms with Gasteiger partial charge in [0.05, 0.1) is 6.54 Å². The van der Waals surface area contributed by atoms with Crippen molar-refractivity contribution in [3.05, 3.63) is 29.6 Å². The summed E-state index contributed by atoms with van der Waals surface area (Å²) >= 11 is 0. The van der Waals surface area contributed by atoms with Crippen LogP contribution in [0.3, 0.4) is 0 Å². The molecule has 0 aromatic carbocycles. The van der Waals surface area contributed by atoms with Gasteiger partial charge in [0.1, 0.15) is 0 Å². The zero-order valence-electron chi connectivity index (χ0n) is 15.9. The van der Waals surface area contributed by atoms with E-state index in [1.807, 2.05) is 12.4 Å². The number of rotatable bonds is 6. The lowest BCUT2D eigenvalue weighted by atomic mass is 10.1. The number of nitrogens with one attached hydrogen (secondary N) is 3. The number of carbonyl (C=O) groups excluding carboxylic acids is 1. The molecule has 7 nitrogen and oxygen atoms in total. The van der Waals surface area contributed by atoms with Gasteiger partial charge in [-0.3, -0.25) is 19.7 Å². The molecular weight excluding hydrogens is 443 g/mol. The average molecular weight is 474 g/mol. The molecule has 146 valence electrons. The molecular formula is C18H31IN6O. The van der Waals surface area contributed by atoms with Crippen LogP contribution in [-0.4, -0.2) is 68.1 Å². The molecule has 2 rings (SSSR count). The molecule has 2 heterocycles. The molecule has 0 saturated carbocycles. The van der Waals surface area contributed by atoms with Crippen LogP contribution in [0, 0.1) is 6.92 Å². The van der Waals surface area contributed by atoms with Gasteiger partial charge in [0.2, 0.25) is 5.91 Å². The molecule has 1 aromatic rings. The topological polar surface area (TPSA) is 81.7 Å². The van der Waals surface area contributed by atoms with Gasteiger partial charge in [-0.15, -0.1) is 24.0 Å². The highest BCUT2D eigenvalue weighted by Gasteiger charge is 2.21. The standard InChI is InChI=1S/C18H30N6O.HI/c1-14-12-21-8-4-15(14)5-9-22-18(20-3)23-16-6-10-24(11-7-16)13-17(25)19-2;/h4,8,12,16H,5-7,9-11,13H2,1-3H3,(H,19,25)(H2,20,22,23);1H. The lowest BCUT2D eigenvalue weighted by Gasteiger charge is -2.32. The highest BCUT2D eigenvalue weighted by Crippen LogP contribution is 2.10. The molecule has 0 atom stereocenters. The molecule has 1 fully saturated rings. The molecule has 1 aromatic heterocycles. The van der Waals surface area contributed by atoms with Crippen LogP contribution in [0.2, 0.25) is 0 Å². The summed E-state index contributed by atoms with van der Waals surface area (Å²) in [7, 11) is 3.48. The number of halogens is 1. The second kappa shape index (κ2) is 12.1. The van der Waals surface area contributed by atoms with Crippen molar-refractivity contribution in [3.63, 3.8) is 0 Å². The summed E-state index contributed by atoms with van der Waals surface area (Å²) in [6, 6.07) is 2.46. The summed E-state index contributed by atoms with van der Waals surface area (Å²) in [6.07, 6.45) is 6.71. The largest absolute Gasteiger partial charge is 0.358 e. The molecule has 0 bridgehead atoms. The first-order valence-corrected chi connectivity index (χ1v) is 8.92. The van der Waals surface area contributed by atoms with Crippen molar-refractivity contribution in [2.75, 3.05) is 40.3 Å². The number of hydrogen-bond acceptors (Lipinski definition) is 4. The Balaban J connectivity index is 0.00000338. The van der Waals surface area contributed by atoms with Crippen molar-refractivity contribution in [1.82, 2.24) is 25.8 Å². The SMILES string of the molecule is CN=C(NCCc1ccncc1C)NC1CCN(CC(=O)NC)CC1.I. The zero-order valence-corrected chi connectivity index (χ0v) is 18.2. The van der Waals surface area contributed by atoms with E-state index in [-0.39, 0.29) is 29.9 Å². The average Bonchev–Trinajstić information content (AvgIpc) is 2.63. The Hall–Kier alpha value is -1.42. The summed E-state index contributed by atoms with van der Waals surface area (Å²) < 4.78 is 0. The van der Waals surface area contributed by atoms with E-state index < -0.39 is 0 Å². The smallest absolute Gasteiger partial charge is 0.233 e. The first-order chi connectivity index (χ1) is 12.1. The molecule has 8 heteroatoms. The molecule has 26 heavy (non-hydrogen) atoms. The summed E-state index contributed by atoms with van der Waals surface area (Å²) in [5.74, 6) is 0.923. The fourth-order valence-corrected chi connectivity index (χ4v) is 3.00. The quantitative estimate of drug-likeness (QED) is 0.325. The lowest BCUT2D eigenvalue weighted by molar-refractivity contribution is -0.122. The minimum Gasteiger partial charge on any atom is -0.358 e. The highest BCUT2D eigenvalue weighted by molar-refractivity contribution is 14.0. The Morgan fingerprint density at radius 2 is 2.12 bits per heavy atom. The van der Waals surface area contributed by atoms with E-state index >= 15 is 0 Å². The minimum atomic E-state index is 0. The van der Waals surface area contributed by atoms with Crippen molar-refractivity contribution in [1.29, 1.82) is 0 Å². The van der Waals surface area contributed by atoms with E-state index in [4.69, 9.17) is 0 Å². The second-order valence-corrected chi connectivity index (χ2v) is 6.42. The predicted octanol–water partition coefficient (Wildman–Crippen LogP) is 0.926. The van der Waals surface area contributed by atoms with Gasteiger partial charge < -0.3 is 16.0 Å². The van der Waals surface area contributed by atoms with Gasteiger partial charge in [-0.25, -0.2) is 0 Å². The monoisotopic (exact) mass is 474 g/mol. The molecule has 0 unspecified atom stereocenters. The third-order valence-corrected chi connectivity index (χ3v) is 4.62. The maximum absolute atomic E-state index is 11.4. The number of piperidine rings is 1. The summed E-state index contributed by atoms with van der Waals surface area (Å²) in [5, 5.41) is 9.56. The third-order valence-electron chi connectivity index (χ3n) is 4.62. The van der Waals surface area contributed by atoms with Crippen molar-refractivity contribution in [3.8, 4) is 0 Å². The number of aryl methyl sites for hydroxylation is 1. The molecule has 1 aliphatic heterocycles. The summed E-state index contributed by atoms with van der Waals surface area (Å²) in [6.45, 7) is 5.26. The first-order valence-electron chi connectivity index (χ1n) is 8.92. The van der Waals surface area contributed by atoms with E-state index in [9.17, 15) is 4.79 Å². The number of pyridine rings is 1. The zero-order chi connectivity index (χ0) is 18.1. The van der Waals surface area contributed by atoms with E-state index in [1.54, 1.807) is 14.1 Å². The molecule has 0 radical (unpaired) electrons. The second-order valence-electron chi connectivity index (χ2n) is 6.42. The van der Waals surface area contributed by atoms with Crippen LogP contribution in [-0.2, 0) is 11.2 Å². The Kier molecular flexibility index (Phi) is 10.5. The van der Waals surface area contributed by atoms with Crippen LogP contribution < -0.4 is 16.0 Å². The van der Waals surface area contributed by atoms with Gasteiger partial charge in [0, 0.05) is 52.2 Å². The fourth-order valence-electron chi connectivity index (χ4n) is 3.00. The fraction of sp³-hybridized carbons (Fsp3) is 0.611. The number of likely N-dealkylation sites (N-methyl/N-ethyl adjacent to an activating group) is 1. The summed E-state index contributed by atoms with van der Waals surface area (Å²) in [5.41, 5.74) is 2.52. The molecule has 1 amide bonds. The molecule has 1 aliphatic rings. The Bertz CT molecular complexity index is 587. The van der Waals surface area contributed by atoms with E-state index in [2.05, 4.69) is 43.8 Å². The van der Waals surface area contributed by atoms with Crippen LogP contribution in [0.25, 0.3) is 0 Å². The molecule has 0 spiro atoms. The van der Waals surface area contributed by atoms with Gasteiger partial charge in [-0.2, -0.15) is 0 Å². The number of carbonyl (C=O) groups is 1. The van der Waals surface area contributed by atoms with Crippen molar-refractivity contribution in [2.45, 2.75) is 32.2 Å². The minimum absolute atomic E-state index is 0. The Morgan fingerprint density at radius 1 is 1.38 bits per heavy atom. The summed E-state index contributed by atoms with van der Waals surface area (Å²) in [4.78, 5) is 22.1. The number of aromatic nitrogens is 1. The van der Waals surface area contributed by atoms with Gasteiger partial charge in [0.25, 0.3) is 0 Å². The van der Waals surface area contributed by atoms with Crippen molar-refractivity contribution < 1.29 is 4.79 Å². The van der Waals surface area contributed by atoms with E-state index in [0.717, 1.165) is 44.9 Å². The number of likely N-dealkylation sites (tertiary alicyclic amines) is 1.